The van der Waals surface area contributed by atoms with Gasteiger partial charge in [0, 0.05) is 5.56 Å². The van der Waals surface area contributed by atoms with Crippen molar-refractivity contribution in [2.24, 2.45) is 0 Å². The molecule has 0 amide bonds. The summed E-state index contributed by atoms with van der Waals surface area (Å²) in [6.07, 6.45) is 1.84. The fourth-order valence-corrected chi connectivity index (χ4v) is 2.24. The van der Waals surface area contributed by atoms with Gasteiger partial charge in [0.1, 0.15) is 0 Å². The number of para-hydroxylation sites is 2. The van der Waals surface area contributed by atoms with Crippen LogP contribution in [0.2, 0.25) is 0 Å². The van der Waals surface area contributed by atoms with Gasteiger partial charge in [-0.25, -0.2) is 4.98 Å². The predicted molar refractivity (Wildman–Crippen MR) is 83.7 cm³/mol. The molecule has 3 rings (SSSR count). The van der Waals surface area contributed by atoms with Crippen LogP contribution in [-0.4, -0.2) is 9.97 Å². The summed E-state index contributed by atoms with van der Waals surface area (Å²) in [6, 6.07) is 16.5. The lowest BCUT2D eigenvalue weighted by Crippen LogP contribution is -2.10. The smallest absolute Gasteiger partial charge is 0.0894 e. The molecule has 0 saturated heterocycles. The van der Waals surface area contributed by atoms with Gasteiger partial charge < -0.3 is 0 Å². The number of nitrogens with zero attached hydrogens (tertiary/aromatic N) is 2. The molecular formula is C18H18N2. The van der Waals surface area contributed by atoms with Crippen molar-refractivity contribution in [3.05, 3.63) is 60.3 Å². The van der Waals surface area contributed by atoms with Crippen LogP contribution in [0.3, 0.4) is 0 Å². The first-order chi connectivity index (χ1) is 9.54. The first-order valence-corrected chi connectivity index (χ1v) is 6.87. The third-order valence-corrected chi connectivity index (χ3v) is 3.50. The Morgan fingerprint density at radius 2 is 1.45 bits per heavy atom. The highest BCUT2D eigenvalue weighted by atomic mass is 14.8. The van der Waals surface area contributed by atoms with Gasteiger partial charge in [-0.3, -0.25) is 4.98 Å². The SMILES string of the molecule is CC(C)(C)c1ccc(-c2cnc3ccccc3n2)cc1. The van der Waals surface area contributed by atoms with E-state index in [0.29, 0.717) is 0 Å². The largest absolute Gasteiger partial charge is 0.252 e. The van der Waals surface area contributed by atoms with E-state index in [0.717, 1.165) is 22.3 Å². The molecule has 2 aromatic carbocycles. The molecule has 1 aromatic heterocycles. The van der Waals surface area contributed by atoms with Crippen LogP contribution >= 0.6 is 0 Å². The van der Waals surface area contributed by atoms with Crippen molar-refractivity contribution in [2.75, 3.05) is 0 Å². The Morgan fingerprint density at radius 3 is 2.10 bits per heavy atom. The van der Waals surface area contributed by atoms with E-state index in [-0.39, 0.29) is 5.41 Å². The van der Waals surface area contributed by atoms with Gasteiger partial charge in [0.05, 0.1) is 22.9 Å². The van der Waals surface area contributed by atoms with Gasteiger partial charge in [0.15, 0.2) is 0 Å². The zero-order valence-electron chi connectivity index (χ0n) is 12.1. The number of fused-ring (bicyclic) bond motifs is 1. The molecule has 0 unspecified atom stereocenters. The molecule has 0 N–H and O–H groups in total. The Balaban J connectivity index is 2.02. The van der Waals surface area contributed by atoms with Crippen molar-refractivity contribution < 1.29 is 0 Å². The minimum absolute atomic E-state index is 0.174. The van der Waals surface area contributed by atoms with E-state index >= 15 is 0 Å². The molecule has 2 heteroatoms. The molecule has 0 atom stereocenters. The van der Waals surface area contributed by atoms with Crippen molar-refractivity contribution in [1.29, 1.82) is 0 Å². The number of aromatic nitrogens is 2. The Morgan fingerprint density at radius 1 is 0.800 bits per heavy atom. The van der Waals surface area contributed by atoms with Gasteiger partial charge >= 0.3 is 0 Å². The maximum atomic E-state index is 4.67. The summed E-state index contributed by atoms with van der Waals surface area (Å²) in [7, 11) is 0. The van der Waals surface area contributed by atoms with Gasteiger partial charge in [0.2, 0.25) is 0 Å². The minimum atomic E-state index is 0.174. The molecule has 1 heterocycles. The summed E-state index contributed by atoms with van der Waals surface area (Å²) in [5.74, 6) is 0. The van der Waals surface area contributed by atoms with Crippen molar-refractivity contribution in [3.63, 3.8) is 0 Å². The normalized spacial score (nSPS) is 11.8. The van der Waals surface area contributed by atoms with Crippen molar-refractivity contribution >= 4 is 11.0 Å². The summed E-state index contributed by atoms with van der Waals surface area (Å²) in [6.45, 7) is 6.66. The highest BCUT2D eigenvalue weighted by Crippen LogP contribution is 2.25. The van der Waals surface area contributed by atoms with Gasteiger partial charge in [-0.1, -0.05) is 57.2 Å². The summed E-state index contributed by atoms with van der Waals surface area (Å²) in [5.41, 5.74) is 5.40. The number of hydrogen-bond donors (Lipinski definition) is 0. The van der Waals surface area contributed by atoms with E-state index in [9.17, 15) is 0 Å². The lowest BCUT2D eigenvalue weighted by Gasteiger charge is -2.19. The summed E-state index contributed by atoms with van der Waals surface area (Å²) < 4.78 is 0. The monoisotopic (exact) mass is 262 g/mol. The van der Waals surface area contributed by atoms with Crippen LogP contribution < -0.4 is 0 Å². The van der Waals surface area contributed by atoms with Gasteiger partial charge in [-0.15, -0.1) is 0 Å². The molecule has 0 fully saturated rings. The molecule has 0 aliphatic rings. The molecule has 2 nitrogen and oxygen atoms in total. The first kappa shape index (κ1) is 12.8. The average molecular weight is 262 g/mol. The second kappa shape index (κ2) is 4.71. The highest BCUT2D eigenvalue weighted by Gasteiger charge is 2.13. The van der Waals surface area contributed by atoms with Crippen LogP contribution in [0.15, 0.2) is 54.7 Å². The predicted octanol–water partition coefficient (Wildman–Crippen LogP) is 4.59. The van der Waals surface area contributed by atoms with E-state index in [1.807, 2.05) is 30.5 Å². The third-order valence-electron chi connectivity index (χ3n) is 3.50. The fraction of sp³-hybridized carbons (Fsp3) is 0.222. The molecule has 0 saturated carbocycles. The maximum absolute atomic E-state index is 4.67. The van der Waals surface area contributed by atoms with E-state index in [4.69, 9.17) is 0 Å². The molecule has 0 radical (unpaired) electrons. The minimum Gasteiger partial charge on any atom is -0.252 e. The average Bonchev–Trinajstić information content (AvgIpc) is 2.46. The second-order valence-corrected chi connectivity index (χ2v) is 6.07. The highest BCUT2D eigenvalue weighted by molar-refractivity contribution is 5.76. The van der Waals surface area contributed by atoms with Crippen LogP contribution in [0.4, 0.5) is 0 Å². The molecule has 0 aliphatic heterocycles. The second-order valence-electron chi connectivity index (χ2n) is 6.07. The summed E-state index contributed by atoms with van der Waals surface area (Å²) in [4.78, 5) is 9.14. The Bertz CT molecular complexity index is 737. The molecule has 20 heavy (non-hydrogen) atoms. The first-order valence-electron chi connectivity index (χ1n) is 6.87. The van der Waals surface area contributed by atoms with Crippen LogP contribution in [0.5, 0.6) is 0 Å². The Labute approximate surface area is 119 Å². The molecule has 100 valence electrons. The molecular weight excluding hydrogens is 244 g/mol. The zero-order valence-corrected chi connectivity index (χ0v) is 12.1. The van der Waals surface area contributed by atoms with E-state index in [1.165, 1.54) is 5.56 Å². The molecule has 0 aliphatic carbocycles. The Kier molecular flexibility index (Phi) is 3.01. The van der Waals surface area contributed by atoms with Crippen molar-refractivity contribution in [1.82, 2.24) is 9.97 Å². The molecule has 3 aromatic rings. The van der Waals surface area contributed by atoms with Crippen molar-refractivity contribution in [2.45, 2.75) is 26.2 Å². The van der Waals surface area contributed by atoms with E-state index in [2.05, 4.69) is 55.0 Å². The summed E-state index contributed by atoms with van der Waals surface area (Å²) >= 11 is 0. The standard InChI is InChI=1S/C18H18N2/c1-18(2,3)14-10-8-13(9-11-14)17-12-19-15-6-4-5-7-16(15)20-17/h4-12H,1-3H3. The zero-order chi connectivity index (χ0) is 14.2. The fourth-order valence-electron chi connectivity index (χ4n) is 2.24. The summed E-state index contributed by atoms with van der Waals surface area (Å²) in [5, 5.41) is 0. The number of rotatable bonds is 1. The Hall–Kier alpha value is -2.22. The quantitative estimate of drug-likeness (QED) is 0.640. The van der Waals surface area contributed by atoms with Crippen LogP contribution in [0, 0.1) is 0 Å². The van der Waals surface area contributed by atoms with Crippen LogP contribution in [0.1, 0.15) is 26.3 Å². The maximum Gasteiger partial charge on any atom is 0.0894 e. The van der Waals surface area contributed by atoms with E-state index < -0.39 is 0 Å². The topological polar surface area (TPSA) is 25.8 Å². The lowest BCUT2D eigenvalue weighted by molar-refractivity contribution is 0.590. The van der Waals surface area contributed by atoms with Gasteiger partial charge in [-0.05, 0) is 23.1 Å². The molecule has 0 spiro atoms. The van der Waals surface area contributed by atoms with Crippen molar-refractivity contribution in [3.8, 4) is 11.3 Å². The third kappa shape index (κ3) is 2.42. The molecule has 0 bridgehead atoms. The number of hydrogen-bond acceptors (Lipinski definition) is 2. The van der Waals surface area contributed by atoms with E-state index in [1.54, 1.807) is 0 Å². The van der Waals surface area contributed by atoms with Gasteiger partial charge in [-0.2, -0.15) is 0 Å². The van der Waals surface area contributed by atoms with Crippen LogP contribution in [-0.2, 0) is 5.41 Å². The van der Waals surface area contributed by atoms with Gasteiger partial charge in [0.25, 0.3) is 0 Å². The number of benzene rings is 2. The lowest BCUT2D eigenvalue weighted by atomic mass is 9.86. The van der Waals surface area contributed by atoms with Crippen LogP contribution in [0.25, 0.3) is 22.3 Å².